The van der Waals surface area contributed by atoms with Crippen molar-refractivity contribution in [2.75, 3.05) is 13.2 Å². The number of hydrogen-bond donors (Lipinski definition) is 2. The summed E-state index contributed by atoms with van der Waals surface area (Å²) >= 11 is 0. The summed E-state index contributed by atoms with van der Waals surface area (Å²) in [5.41, 5.74) is -0.806. The van der Waals surface area contributed by atoms with E-state index < -0.39 is 30.2 Å². The van der Waals surface area contributed by atoms with Gasteiger partial charge in [0.25, 0.3) is 5.91 Å². The molecule has 4 aliphatic carbocycles. The highest BCUT2D eigenvalue weighted by atomic mass is 16.6. The Labute approximate surface area is 141 Å². The fourth-order valence-corrected chi connectivity index (χ4v) is 5.43. The van der Waals surface area contributed by atoms with Gasteiger partial charge in [-0.25, -0.2) is 4.79 Å². The Morgan fingerprint density at radius 3 is 2.38 bits per heavy atom. The molecular formula is C17H25NO6. The highest BCUT2D eigenvalue weighted by molar-refractivity contribution is 5.93. The van der Waals surface area contributed by atoms with E-state index in [1.165, 1.54) is 0 Å². The van der Waals surface area contributed by atoms with Gasteiger partial charge in [-0.2, -0.15) is 0 Å². The molecular weight excluding hydrogens is 314 g/mol. The molecule has 7 heteroatoms. The summed E-state index contributed by atoms with van der Waals surface area (Å²) in [6.45, 7) is 1.29. The number of carbonyl (C=O) groups is 3. The maximum absolute atomic E-state index is 12.1. The molecule has 0 heterocycles. The maximum Gasteiger partial charge on any atom is 0.413 e. The van der Waals surface area contributed by atoms with Crippen LogP contribution in [0.5, 0.6) is 0 Å². The van der Waals surface area contributed by atoms with Crippen LogP contribution in [0.4, 0.5) is 4.79 Å². The van der Waals surface area contributed by atoms with Crippen molar-refractivity contribution < 1.29 is 29.0 Å². The molecule has 7 nitrogen and oxygen atoms in total. The van der Waals surface area contributed by atoms with Crippen molar-refractivity contribution >= 4 is 18.0 Å². The van der Waals surface area contributed by atoms with Crippen LogP contribution in [0.3, 0.4) is 0 Å². The van der Waals surface area contributed by atoms with Crippen molar-refractivity contribution in [1.29, 1.82) is 0 Å². The average molecular weight is 339 g/mol. The molecule has 2 amide bonds. The molecule has 134 valence electrons. The smallest absolute Gasteiger partial charge is 0.413 e. The predicted octanol–water partition coefficient (Wildman–Crippen LogP) is 1.52. The highest BCUT2D eigenvalue weighted by Gasteiger charge is 2.57. The van der Waals surface area contributed by atoms with Crippen LogP contribution >= 0.6 is 0 Å². The summed E-state index contributed by atoms with van der Waals surface area (Å²) in [7, 11) is 0. The topological polar surface area (TPSA) is 102 Å². The van der Waals surface area contributed by atoms with Crippen LogP contribution in [-0.2, 0) is 19.1 Å². The molecule has 4 rings (SSSR count). The number of esters is 1. The van der Waals surface area contributed by atoms with Gasteiger partial charge in [-0.3, -0.25) is 14.9 Å². The number of ether oxygens (including phenoxy) is 2. The molecule has 0 saturated heterocycles. The molecule has 0 aromatic heterocycles. The van der Waals surface area contributed by atoms with E-state index in [0.29, 0.717) is 18.3 Å². The van der Waals surface area contributed by atoms with Crippen LogP contribution in [0.2, 0.25) is 0 Å². The van der Waals surface area contributed by atoms with Crippen LogP contribution in [0, 0.1) is 17.3 Å². The van der Waals surface area contributed by atoms with Gasteiger partial charge < -0.3 is 14.6 Å². The standard InChI is InChI=1S/C17H25NO6/c1-2-23-15(21)18-13(19)9-24-14(20)8-16-4-11-3-12(5-16)7-17(22,6-11)10-16/h11-12,22H,2-10H2,1H3,(H,18,19,21)/t11-,12-,16?,17?/m0/s1. The van der Waals surface area contributed by atoms with Gasteiger partial charge in [0.1, 0.15) is 0 Å². The number of hydrogen-bond acceptors (Lipinski definition) is 6. The van der Waals surface area contributed by atoms with Gasteiger partial charge in [0.15, 0.2) is 6.61 Å². The number of rotatable bonds is 5. The summed E-state index contributed by atoms with van der Waals surface area (Å²) in [6.07, 6.45) is 4.80. The van der Waals surface area contributed by atoms with E-state index in [9.17, 15) is 19.5 Å². The Kier molecular flexibility index (Phi) is 4.55. The van der Waals surface area contributed by atoms with Crippen molar-refractivity contribution in [1.82, 2.24) is 5.32 Å². The fourth-order valence-electron chi connectivity index (χ4n) is 5.43. The molecule has 0 radical (unpaired) electrons. The van der Waals surface area contributed by atoms with Crippen molar-refractivity contribution in [2.24, 2.45) is 17.3 Å². The Morgan fingerprint density at radius 1 is 1.12 bits per heavy atom. The molecule has 4 aliphatic rings. The minimum Gasteiger partial charge on any atom is -0.456 e. The largest absolute Gasteiger partial charge is 0.456 e. The second-order valence-corrected chi connectivity index (χ2v) is 7.79. The average Bonchev–Trinajstić information content (AvgIpc) is 2.42. The lowest BCUT2D eigenvalue weighted by Gasteiger charge is -2.60. The van der Waals surface area contributed by atoms with Crippen molar-refractivity contribution in [3.63, 3.8) is 0 Å². The normalized spacial score (nSPS) is 36.2. The lowest BCUT2D eigenvalue weighted by molar-refractivity contribution is -0.177. The van der Waals surface area contributed by atoms with Gasteiger partial charge >= 0.3 is 12.1 Å². The molecule has 24 heavy (non-hydrogen) atoms. The second kappa shape index (κ2) is 6.35. The number of alkyl carbamates (subject to hydrolysis) is 1. The molecule has 2 atom stereocenters. The van der Waals surface area contributed by atoms with E-state index in [2.05, 4.69) is 4.74 Å². The van der Waals surface area contributed by atoms with Crippen LogP contribution in [0.1, 0.15) is 51.9 Å². The zero-order valence-electron chi connectivity index (χ0n) is 14.0. The van der Waals surface area contributed by atoms with Crippen LogP contribution in [0.25, 0.3) is 0 Å². The van der Waals surface area contributed by atoms with Crippen molar-refractivity contribution in [2.45, 2.75) is 57.5 Å². The molecule has 4 fully saturated rings. The Hall–Kier alpha value is -1.63. The molecule has 0 spiro atoms. The van der Waals surface area contributed by atoms with E-state index in [1.807, 2.05) is 5.32 Å². The third-order valence-electron chi connectivity index (χ3n) is 5.55. The minimum atomic E-state index is -0.846. The van der Waals surface area contributed by atoms with Gasteiger partial charge in [0.05, 0.1) is 18.6 Å². The third-order valence-corrected chi connectivity index (χ3v) is 5.55. The summed E-state index contributed by atoms with van der Waals surface area (Å²) in [5.74, 6) is -0.155. The number of aliphatic hydroxyl groups is 1. The first-order valence-corrected chi connectivity index (χ1v) is 8.66. The minimum absolute atomic E-state index is 0.159. The zero-order chi connectivity index (χ0) is 17.4. The first-order chi connectivity index (χ1) is 11.3. The monoisotopic (exact) mass is 339 g/mol. The van der Waals surface area contributed by atoms with Crippen LogP contribution in [0.15, 0.2) is 0 Å². The molecule has 0 aromatic rings. The molecule has 0 aliphatic heterocycles. The molecule has 2 N–H and O–H groups in total. The number of carbonyl (C=O) groups excluding carboxylic acids is 3. The van der Waals surface area contributed by atoms with Gasteiger partial charge in [-0.05, 0) is 62.7 Å². The molecule has 0 unspecified atom stereocenters. The first-order valence-electron chi connectivity index (χ1n) is 8.66. The van der Waals surface area contributed by atoms with E-state index in [4.69, 9.17) is 4.74 Å². The Bertz CT molecular complexity index is 531. The van der Waals surface area contributed by atoms with E-state index >= 15 is 0 Å². The Balaban J connectivity index is 1.49. The van der Waals surface area contributed by atoms with Crippen molar-refractivity contribution in [3.8, 4) is 0 Å². The SMILES string of the molecule is CCOC(=O)NC(=O)COC(=O)CC12C[C@@H]3C[C@H](CC(O)(C3)C1)C2. The molecule has 0 aromatic carbocycles. The summed E-state index contributed by atoms with van der Waals surface area (Å²) in [4.78, 5) is 34.8. The van der Waals surface area contributed by atoms with Gasteiger partial charge in [-0.1, -0.05) is 0 Å². The number of nitrogens with one attached hydrogen (secondary N) is 1. The fraction of sp³-hybridized carbons (Fsp3) is 0.824. The van der Waals surface area contributed by atoms with Crippen molar-refractivity contribution in [3.05, 3.63) is 0 Å². The van der Waals surface area contributed by atoms with Crippen LogP contribution < -0.4 is 5.32 Å². The van der Waals surface area contributed by atoms with E-state index in [1.54, 1.807) is 6.92 Å². The van der Waals surface area contributed by atoms with E-state index in [-0.39, 0.29) is 18.4 Å². The quantitative estimate of drug-likeness (QED) is 0.737. The predicted molar refractivity (Wildman–Crippen MR) is 82.8 cm³/mol. The third kappa shape index (κ3) is 3.71. The van der Waals surface area contributed by atoms with Crippen LogP contribution in [-0.4, -0.2) is 41.9 Å². The Morgan fingerprint density at radius 2 is 1.79 bits per heavy atom. The van der Waals surface area contributed by atoms with Gasteiger partial charge in [-0.15, -0.1) is 0 Å². The summed E-state index contributed by atoms with van der Waals surface area (Å²) in [6, 6.07) is 0. The lowest BCUT2D eigenvalue weighted by Crippen LogP contribution is -2.56. The number of imide groups is 1. The second-order valence-electron chi connectivity index (χ2n) is 7.79. The molecule has 4 bridgehead atoms. The number of amides is 2. The van der Waals surface area contributed by atoms with Gasteiger partial charge in [0, 0.05) is 0 Å². The van der Waals surface area contributed by atoms with Gasteiger partial charge in [0.2, 0.25) is 0 Å². The molecule has 4 saturated carbocycles. The zero-order valence-corrected chi connectivity index (χ0v) is 14.0. The summed E-state index contributed by atoms with van der Waals surface area (Å²) in [5, 5.41) is 12.7. The van der Waals surface area contributed by atoms with E-state index in [0.717, 1.165) is 32.1 Å². The first kappa shape index (κ1) is 17.2. The summed E-state index contributed by atoms with van der Waals surface area (Å²) < 4.78 is 9.60. The maximum atomic E-state index is 12.1. The highest BCUT2D eigenvalue weighted by Crippen LogP contribution is 2.62. The lowest BCUT2D eigenvalue weighted by atomic mass is 9.47.